The Morgan fingerprint density at radius 3 is 2.80 bits per heavy atom. The molecule has 0 amide bonds. The highest BCUT2D eigenvalue weighted by Crippen LogP contribution is 2.31. The molecular weight excluding hydrogens is 270 g/mol. The van der Waals surface area contributed by atoms with Crippen LogP contribution >= 0.6 is 11.6 Å². The Labute approximate surface area is 123 Å². The van der Waals surface area contributed by atoms with Crippen molar-refractivity contribution < 1.29 is 4.74 Å². The van der Waals surface area contributed by atoms with E-state index in [9.17, 15) is 0 Å². The molecule has 3 rings (SSSR count). The van der Waals surface area contributed by atoms with Gasteiger partial charge in [0.1, 0.15) is 11.5 Å². The van der Waals surface area contributed by atoms with E-state index in [1.165, 1.54) is 5.56 Å². The summed E-state index contributed by atoms with van der Waals surface area (Å²) in [5.74, 6) is 2.02. The first kappa shape index (κ1) is 12.9. The first-order valence-corrected chi connectivity index (χ1v) is 6.98. The van der Waals surface area contributed by atoms with Crippen LogP contribution in [0.15, 0.2) is 54.7 Å². The molecule has 2 aromatic carbocycles. The monoisotopic (exact) mass is 283 g/mol. The van der Waals surface area contributed by atoms with Crippen molar-refractivity contribution in [2.45, 2.75) is 12.8 Å². The van der Waals surface area contributed by atoms with Crippen LogP contribution in [0, 0.1) is 6.92 Å². The number of halogens is 1. The summed E-state index contributed by atoms with van der Waals surface area (Å²) in [5.41, 5.74) is 3.09. The predicted octanol–water partition coefficient (Wildman–Crippen LogP) is 5.07. The van der Waals surface area contributed by atoms with Gasteiger partial charge in [0.2, 0.25) is 0 Å². The molecule has 0 fully saturated rings. The number of nitrogens with zero attached hydrogens (tertiary/aromatic N) is 1. The molecule has 1 heterocycles. The van der Waals surface area contributed by atoms with Crippen molar-refractivity contribution >= 4 is 22.5 Å². The number of ether oxygens (including phenoxy) is 1. The summed E-state index contributed by atoms with van der Waals surface area (Å²) >= 11 is 6.00. The zero-order chi connectivity index (χ0) is 13.9. The number of aromatic nitrogens is 1. The van der Waals surface area contributed by atoms with E-state index in [-0.39, 0.29) is 0 Å². The average molecular weight is 284 g/mol. The van der Waals surface area contributed by atoms with Crippen LogP contribution in [0.4, 0.5) is 0 Å². The lowest BCUT2D eigenvalue weighted by Gasteiger charge is -2.12. The number of benzene rings is 2. The molecule has 0 saturated heterocycles. The molecule has 0 aliphatic rings. The number of aryl methyl sites for hydroxylation is 1. The minimum Gasteiger partial charge on any atom is -0.456 e. The zero-order valence-corrected chi connectivity index (χ0v) is 11.9. The molecular formula is C17H14ClNO. The smallest absolute Gasteiger partial charge is 0.136 e. The van der Waals surface area contributed by atoms with Gasteiger partial charge >= 0.3 is 0 Å². The summed E-state index contributed by atoms with van der Waals surface area (Å²) in [4.78, 5) is 4.33. The van der Waals surface area contributed by atoms with Crippen LogP contribution in [0.5, 0.6) is 11.5 Å². The average Bonchev–Trinajstić information content (AvgIpc) is 2.49. The third-order valence-electron chi connectivity index (χ3n) is 3.19. The summed E-state index contributed by atoms with van der Waals surface area (Å²) in [5, 5.41) is 0.996. The molecule has 0 radical (unpaired) electrons. The van der Waals surface area contributed by atoms with Gasteiger partial charge in [0.25, 0.3) is 0 Å². The van der Waals surface area contributed by atoms with Gasteiger partial charge in [0.15, 0.2) is 0 Å². The molecule has 1 aromatic heterocycles. The van der Waals surface area contributed by atoms with Gasteiger partial charge in [-0.1, -0.05) is 23.8 Å². The van der Waals surface area contributed by atoms with E-state index in [0.29, 0.717) is 5.88 Å². The minimum atomic E-state index is 0.431. The molecule has 100 valence electrons. The van der Waals surface area contributed by atoms with Crippen LogP contribution in [-0.2, 0) is 5.88 Å². The minimum absolute atomic E-state index is 0.431. The summed E-state index contributed by atoms with van der Waals surface area (Å²) in [6, 6.07) is 15.8. The molecule has 0 aliphatic carbocycles. The van der Waals surface area contributed by atoms with Crippen molar-refractivity contribution in [1.29, 1.82) is 0 Å². The second kappa shape index (κ2) is 5.51. The first-order valence-electron chi connectivity index (χ1n) is 6.45. The van der Waals surface area contributed by atoms with E-state index in [4.69, 9.17) is 16.3 Å². The van der Waals surface area contributed by atoms with Crippen molar-refractivity contribution in [3.8, 4) is 11.5 Å². The van der Waals surface area contributed by atoms with Gasteiger partial charge in [-0.15, -0.1) is 11.6 Å². The Morgan fingerprint density at radius 1 is 1.05 bits per heavy atom. The van der Waals surface area contributed by atoms with E-state index in [1.807, 2.05) is 55.5 Å². The van der Waals surface area contributed by atoms with Gasteiger partial charge in [-0.25, -0.2) is 0 Å². The molecule has 0 N–H and O–H groups in total. The van der Waals surface area contributed by atoms with Crippen molar-refractivity contribution in [3.05, 3.63) is 65.9 Å². The highest BCUT2D eigenvalue weighted by atomic mass is 35.5. The van der Waals surface area contributed by atoms with Gasteiger partial charge in [-0.3, -0.25) is 4.98 Å². The van der Waals surface area contributed by atoms with E-state index in [2.05, 4.69) is 4.98 Å². The molecule has 0 spiro atoms. The number of rotatable bonds is 3. The molecule has 0 atom stereocenters. The molecule has 3 aromatic rings. The van der Waals surface area contributed by atoms with Crippen LogP contribution in [0.1, 0.15) is 11.1 Å². The first-order chi connectivity index (χ1) is 9.78. The molecule has 0 unspecified atom stereocenters. The van der Waals surface area contributed by atoms with Gasteiger partial charge in [-0.2, -0.15) is 0 Å². The lowest BCUT2D eigenvalue weighted by Crippen LogP contribution is -1.92. The van der Waals surface area contributed by atoms with Gasteiger partial charge in [-0.05, 0) is 37.3 Å². The van der Waals surface area contributed by atoms with Gasteiger partial charge in [0, 0.05) is 17.1 Å². The highest BCUT2D eigenvalue weighted by molar-refractivity contribution is 6.17. The number of pyridine rings is 1. The lowest BCUT2D eigenvalue weighted by atomic mass is 10.1. The quantitative estimate of drug-likeness (QED) is 0.626. The molecule has 0 aliphatic heterocycles. The Bertz CT molecular complexity index is 750. The lowest BCUT2D eigenvalue weighted by molar-refractivity contribution is 0.483. The van der Waals surface area contributed by atoms with Crippen molar-refractivity contribution in [2.75, 3.05) is 0 Å². The summed E-state index contributed by atoms with van der Waals surface area (Å²) < 4.78 is 6.04. The fourth-order valence-corrected chi connectivity index (χ4v) is 2.40. The van der Waals surface area contributed by atoms with Crippen LogP contribution in [0.25, 0.3) is 10.9 Å². The second-order valence-electron chi connectivity index (χ2n) is 4.67. The molecule has 3 heteroatoms. The standard InChI is InChI=1S/C17H14ClNO/c1-12-7-8-16(13(10-12)11-18)20-17-6-2-5-15-14(17)4-3-9-19-15/h2-10H,11H2,1H3. The maximum atomic E-state index is 6.04. The number of alkyl halides is 1. The van der Waals surface area contributed by atoms with E-state index in [0.717, 1.165) is 28.0 Å². The van der Waals surface area contributed by atoms with Gasteiger partial charge < -0.3 is 4.74 Å². The number of hydrogen-bond donors (Lipinski definition) is 0. The number of hydrogen-bond acceptors (Lipinski definition) is 2. The fraction of sp³-hybridized carbons (Fsp3) is 0.118. The third-order valence-corrected chi connectivity index (χ3v) is 3.47. The Morgan fingerprint density at radius 2 is 1.95 bits per heavy atom. The van der Waals surface area contributed by atoms with Crippen LogP contribution < -0.4 is 4.74 Å². The van der Waals surface area contributed by atoms with Crippen molar-refractivity contribution in [1.82, 2.24) is 4.98 Å². The van der Waals surface area contributed by atoms with E-state index < -0.39 is 0 Å². The summed E-state index contributed by atoms with van der Waals surface area (Å²) in [6.07, 6.45) is 1.78. The normalized spacial score (nSPS) is 10.7. The Kier molecular flexibility index (Phi) is 3.57. The van der Waals surface area contributed by atoms with Crippen LogP contribution in [0.3, 0.4) is 0 Å². The maximum Gasteiger partial charge on any atom is 0.136 e. The summed E-state index contributed by atoms with van der Waals surface area (Å²) in [7, 11) is 0. The maximum absolute atomic E-state index is 6.04. The highest BCUT2D eigenvalue weighted by Gasteiger charge is 2.07. The van der Waals surface area contributed by atoms with E-state index in [1.54, 1.807) is 6.20 Å². The van der Waals surface area contributed by atoms with Crippen molar-refractivity contribution in [3.63, 3.8) is 0 Å². The molecule has 0 saturated carbocycles. The molecule has 2 nitrogen and oxygen atoms in total. The predicted molar refractivity (Wildman–Crippen MR) is 82.6 cm³/mol. The van der Waals surface area contributed by atoms with E-state index >= 15 is 0 Å². The van der Waals surface area contributed by atoms with Crippen LogP contribution in [-0.4, -0.2) is 4.98 Å². The van der Waals surface area contributed by atoms with Gasteiger partial charge in [0.05, 0.1) is 11.4 Å². The van der Waals surface area contributed by atoms with Crippen molar-refractivity contribution in [2.24, 2.45) is 0 Å². The summed E-state index contributed by atoms with van der Waals surface area (Å²) in [6.45, 7) is 2.04. The fourth-order valence-electron chi connectivity index (χ4n) is 2.19. The van der Waals surface area contributed by atoms with Crippen LogP contribution in [0.2, 0.25) is 0 Å². The largest absolute Gasteiger partial charge is 0.456 e. The second-order valence-corrected chi connectivity index (χ2v) is 4.94. The SMILES string of the molecule is Cc1ccc(Oc2cccc3ncccc23)c(CCl)c1. The number of fused-ring (bicyclic) bond motifs is 1. The molecule has 20 heavy (non-hydrogen) atoms. The zero-order valence-electron chi connectivity index (χ0n) is 11.1. The molecule has 0 bridgehead atoms. The Balaban J connectivity index is 2.05. The third kappa shape index (κ3) is 2.47. The topological polar surface area (TPSA) is 22.1 Å². The Hall–Kier alpha value is -2.06.